The molecule has 2 aromatic carbocycles. The third-order valence-electron chi connectivity index (χ3n) is 3.88. The lowest BCUT2D eigenvalue weighted by Gasteiger charge is -2.26. The molecule has 24 heavy (non-hydrogen) atoms. The molecule has 0 N–H and O–H groups in total. The molecule has 0 atom stereocenters. The van der Waals surface area contributed by atoms with Gasteiger partial charge in [-0.15, -0.1) is 0 Å². The van der Waals surface area contributed by atoms with Crippen molar-refractivity contribution in [2.75, 3.05) is 0 Å². The highest BCUT2D eigenvalue weighted by Crippen LogP contribution is 2.33. The van der Waals surface area contributed by atoms with Crippen molar-refractivity contribution in [3.05, 3.63) is 59.7 Å². The minimum Gasteiger partial charge on any atom is -0.379 e. The highest BCUT2D eigenvalue weighted by atomic mass is 32.2. The average molecular weight is 346 g/mol. The third kappa shape index (κ3) is 4.38. The second-order valence-electron chi connectivity index (χ2n) is 8.10. The Kier molecular flexibility index (Phi) is 4.82. The van der Waals surface area contributed by atoms with Gasteiger partial charge in [0.05, 0.1) is 0 Å². The van der Waals surface area contributed by atoms with E-state index in [2.05, 4.69) is 47.6 Å². The molecule has 0 spiro atoms. The highest BCUT2D eigenvalue weighted by Gasteiger charge is 2.23. The minimum absolute atomic E-state index is 0.101. The Labute approximate surface area is 145 Å². The fourth-order valence-electron chi connectivity index (χ4n) is 2.28. The second kappa shape index (κ2) is 6.25. The first-order valence-electron chi connectivity index (χ1n) is 8.05. The van der Waals surface area contributed by atoms with Crippen LogP contribution in [0.25, 0.3) is 0 Å². The van der Waals surface area contributed by atoms with E-state index in [0.717, 1.165) is 11.1 Å². The summed E-state index contributed by atoms with van der Waals surface area (Å²) in [7, 11) is -3.84. The van der Waals surface area contributed by atoms with Gasteiger partial charge in [-0.1, -0.05) is 65.8 Å². The molecule has 0 saturated carbocycles. The van der Waals surface area contributed by atoms with Gasteiger partial charge >= 0.3 is 10.1 Å². The molecule has 0 bridgehead atoms. The van der Waals surface area contributed by atoms with Crippen LogP contribution in [0.1, 0.15) is 52.7 Å². The maximum Gasteiger partial charge on any atom is 0.339 e. The van der Waals surface area contributed by atoms with E-state index in [-0.39, 0.29) is 15.7 Å². The zero-order valence-electron chi connectivity index (χ0n) is 15.3. The SMILES string of the molecule is CC(C)(C)c1cc(OS(=O)(=O)c2ccccc2)cc(C(C)(C)C)c1. The van der Waals surface area contributed by atoms with E-state index in [1.165, 1.54) is 12.1 Å². The van der Waals surface area contributed by atoms with Gasteiger partial charge in [0.2, 0.25) is 0 Å². The Morgan fingerprint density at radius 3 is 1.62 bits per heavy atom. The Bertz CT molecular complexity index is 776. The lowest BCUT2D eigenvalue weighted by Crippen LogP contribution is -2.17. The van der Waals surface area contributed by atoms with Gasteiger partial charge in [-0.3, -0.25) is 0 Å². The molecule has 0 aliphatic carbocycles. The summed E-state index contributed by atoms with van der Waals surface area (Å²) in [5, 5.41) is 0. The lowest BCUT2D eigenvalue weighted by molar-refractivity contribution is 0.481. The minimum atomic E-state index is -3.84. The van der Waals surface area contributed by atoms with E-state index >= 15 is 0 Å². The summed E-state index contributed by atoms with van der Waals surface area (Å²) in [6.07, 6.45) is 0. The zero-order valence-corrected chi connectivity index (χ0v) is 16.1. The van der Waals surface area contributed by atoms with Crippen LogP contribution < -0.4 is 4.18 Å². The van der Waals surface area contributed by atoms with Crippen molar-refractivity contribution in [2.45, 2.75) is 57.3 Å². The summed E-state index contributed by atoms with van der Waals surface area (Å²) in [5.41, 5.74) is 1.90. The molecule has 3 nitrogen and oxygen atoms in total. The lowest BCUT2D eigenvalue weighted by atomic mass is 9.80. The zero-order chi connectivity index (χ0) is 18.2. The van der Waals surface area contributed by atoms with Gasteiger partial charge < -0.3 is 4.18 Å². The maximum atomic E-state index is 12.5. The van der Waals surface area contributed by atoms with Gasteiger partial charge in [0, 0.05) is 0 Å². The average Bonchev–Trinajstić information content (AvgIpc) is 2.45. The fraction of sp³-hybridized carbons (Fsp3) is 0.400. The van der Waals surface area contributed by atoms with Gasteiger partial charge in [-0.05, 0) is 46.2 Å². The van der Waals surface area contributed by atoms with Gasteiger partial charge in [-0.25, -0.2) is 0 Å². The van der Waals surface area contributed by atoms with E-state index in [0.29, 0.717) is 5.75 Å². The summed E-state index contributed by atoms with van der Waals surface area (Å²) in [5.74, 6) is 0.358. The van der Waals surface area contributed by atoms with E-state index in [9.17, 15) is 8.42 Å². The molecule has 0 aliphatic rings. The smallest absolute Gasteiger partial charge is 0.339 e. The third-order valence-corrected chi connectivity index (χ3v) is 5.14. The van der Waals surface area contributed by atoms with Gasteiger partial charge in [0.25, 0.3) is 0 Å². The Morgan fingerprint density at radius 1 is 0.750 bits per heavy atom. The topological polar surface area (TPSA) is 43.4 Å². The standard InChI is InChI=1S/C20H26O3S/c1-19(2,3)15-12-16(20(4,5)6)14-17(13-15)23-24(21,22)18-10-8-7-9-11-18/h7-14H,1-6H3. The highest BCUT2D eigenvalue weighted by molar-refractivity contribution is 7.87. The molecular formula is C20H26O3S. The van der Waals surface area contributed by atoms with Crippen LogP contribution >= 0.6 is 0 Å². The number of benzene rings is 2. The normalized spacial score (nSPS) is 12.9. The molecule has 0 heterocycles. The summed E-state index contributed by atoms with van der Waals surface area (Å²) in [4.78, 5) is 0.156. The largest absolute Gasteiger partial charge is 0.379 e. The molecule has 0 saturated heterocycles. The second-order valence-corrected chi connectivity index (χ2v) is 9.64. The van der Waals surface area contributed by atoms with E-state index in [1.54, 1.807) is 18.2 Å². The molecule has 0 aromatic heterocycles. The maximum absolute atomic E-state index is 12.5. The molecular weight excluding hydrogens is 320 g/mol. The van der Waals surface area contributed by atoms with Crippen molar-refractivity contribution < 1.29 is 12.6 Å². The van der Waals surface area contributed by atoms with Crippen LogP contribution in [0.15, 0.2) is 53.4 Å². The molecule has 130 valence electrons. The van der Waals surface area contributed by atoms with Gasteiger partial charge in [0.1, 0.15) is 10.6 Å². The van der Waals surface area contributed by atoms with Crippen molar-refractivity contribution >= 4 is 10.1 Å². The Morgan fingerprint density at radius 2 is 1.21 bits per heavy atom. The monoisotopic (exact) mass is 346 g/mol. The molecule has 0 fully saturated rings. The first kappa shape index (κ1) is 18.5. The van der Waals surface area contributed by atoms with Crippen LogP contribution in [0.2, 0.25) is 0 Å². The van der Waals surface area contributed by atoms with Crippen LogP contribution in [-0.2, 0) is 20.9 Å². The van der Waals surface area contributed by atoms with Crippen LogP contribution in [0, 0.1) is 0 Å². The molecule has 2 aromatic rings. The van der Waals surface area contributed by atoms with Crippen molar-refractivity contribution in [3.8, 4) is 5.75 Å². The van der Waals surface area contributed by atoms with Gasteiger partial charge in [-0.2, -0.15) is 8.42 Å². The summed E-state index contributed by atoms with van der Waals surface area (Å²) in [6.45, 7) is 12.6. The Balaban J connectivity index is 2.51. The molecule has 2 rings (SSSR count). The Hall–Kier alpha value is -1.81. The number of hydrogen-bond donors (Lipinski definition) is 0. The quantitative estimate of drug-likeness (QED) is 0.731. The van der Waals surface area contributed by atoms with E-state index in [1.807, 2.05) is 12.1 Å². The molecule has 0 unspecified atom stereocenters. The first-order valence-corrected chi connectivity index (χ1v) is 9.46. The van der Waals surface area contributed by atoms with Crippen LogP contribution in [0.4, 0.5) is 0 Å². The first-order chi connectivity index (χ1) is 10.9. The van der Waals surface area contributed by atoms with E-state index < -0.39 is 10.1 Å². The van der Waals surface area contributed by atoms with Crippen molar-refractivity contribution in [1.82, 2.24) is 0 Å². The van der Waals surface area contributed by atoms with Crippen LogP contribution in [-0.4, -0.2) is 8.42 Å². The molecule has 4 heteroatoms. The molecule has 0 amide bonds. The number of rotatable bonds is 3. The summed E-state index contributed by atoms with van der Waals surface area (Å²) >= 11 is 0. The van der Waals surface area contributed by atoms with Crippen molar-refractivity contribution in [3.63, 3.8) is 0 Å². The summed E-state index contributed by atoms with van der Waals surface area (Å²) < 4.78 is 30.4. The van der Waals surface area contributed by atoms with Crippen molar-refractivity contribution in [1.29, 1.82) is 0 Å². The van der Waals surface area contributed by atoms with Crippen LogP contribution in [0.5, 0.6) is 5.75 Å². The predicted octanol–water partition coefficient (Wildman–Crippen LogP) is 5.05. The molecule has 0 aliphatic heterocycles. The fourth-order valence-corrected chi connectivity index (χ4v) is 3.21. The predicted molar refractivity (Wildman–Crippen MR) is 98.1 cm³/mol. The number of hydrogen-bond acceptors (Lipinski definition) is 3. The summed E-state index contributed by atoms with van der Waals surface area (Å²) in [6, 6.07) is 14.0. The van der Waals surface area contributed by atoms with Crippen LogP contribution in [0.3, 0.4) is 0 Å². The van der Waals surface area contributed by atoms with Crippen molar-refractivity contribution in [2.24, 2.45) is 0 Å². The van der Waals surface area contributed by atoms with Gasteiger partial charge in [0.15, 0.2) is 0 Å². The molecule has 0 radical (unpaired) electrons. The van der Waals surface area contributed by atoms with E-state index in [4.69, 9.17) is 4.18 Å².